The molecule has 0 aliphatic heterocycles. The highest BCUT2D eigenvalue weighted by Gasteiger charge is 2.33. The van der Waals surface area contributed by atoms with Gasteiger partial charge in [-0.3, -0.25) is 9.59 Å². The van der Waals surface area contributed by atoms with Crippen molar-refractivity contribution in [1.82, 2.24) is 4.98 Å². The third-order valence-corrected chi connectivity index (χ3v) is 5.34. The van der Waals surface area contributed by atoms with Gasteiger partial charge in [-0.05, 0) is 42.0 Å². The van der Waals surface area contributed by atoms with E-state index < -0.39 is 35.8 Å². The first kappa shape index (κ1) is 26.3. The molecule has 3 rings (SSSR count). The van der Waals surface area contributed by atoms with E-state index in [0.29, 0.717) is 5.56 Å². The summed E-state index contributed by atoms with van der Waals surface area (Å²) in [5.74, 6) is -1.44. The number of alkyl halides is 3. The number of primary amides is 1. The van der Waals surface area contributed by atoms with E-state index in [1.807, 2.05) is 0 Å². The van der Waals surface area contributed by atoms with Gasteiger partial charge in [0.05, 0.1) is 33.6 Å². The van der Waals surface area contributed by atoms with Gasteiger partial charge in [0.1, 0.15) is 6.54 Å². The van der Waals surface area contributed by atoms with Crippen LogP contribution in [0.4, 0.5) is 30.4 Å². The van der Waals surface area contributed by atoms with Crippen LogP contribution in [-0.4, -0.2) is 30.5 Å². The first-order valence-corrected chi connectivity index (χ1v) is 10.7. The lowest BCUT2D eigenvalue weighted by atomic mass is 10.1. The summed E-state index contributed by atoms with van der Waals surface area (Å²) in [7, 11) is 1.50. The molecule has 0 saturated heterocycles. The lowest BCUT2D eigenvalue weighted by molar-refractivity contribution is -0.136. The zero-order chi connectivity index (χ0) is 25.8. The summed E-state index contributed by atoms with van der Waals surface area (Å²) >= 11 is 12.7. The van der Waals surface area contributed by atoms with Gasteiger partial charge in [-0.2, -0.15) is 13.2 Å². The highest BCUT2D eigenvalue weighted by Crippen LogP contribution is 2.37. The van der Waals surface area contributed by atoms with Crippen molar-refractivity contribution in [2.24, 2.45) is 5.73 Å². The van der Waals surface area contributed by atoms with Crippen molar-refractivity contribution in [3.8, 4) is 0 Å². The quantitative estimate of drug-likeness (QED) is 0.407. The number of halogens is 5. The van der Waals surface area contributed by atoms with Gasteiger partial charge in [-0.15, -0.1) is 0 Å². The van der Waals surface area contributed by atoms with Crippen LogP contribution in [-0.2, 0) is 22.3 Å². The van der Waals surface area contributed by atoms with Gasteiger partial charge in [-0.1, -0.05) is 35.3 Å². The van der Waals surface area contributed by atoms with Crippen LogP contribution in [0.15, 0.2) is 54.7 Å². The predicted molar refractivity (Wildman–Crippen MR) is 127 cm³/mol. The first-order chi connectivity index (χ1) is 16.5. The number of para-hydroxylation sites is 1. The fourth-order valence-electron chi connectivity index (χ4n) is 3.24. The molecule has 3 aromatic rings. The van der Waals surface area contributed by atoms with E-state index in [9.17, 15) is 22.8 Å². The molecule has 0 fully saturated rings. The Hall–Kier alpha value is -3.34. The van der Waals surface area contributed by atoms with Crippen LogP contribution < -0.4 is 16.0 Å². The number of benzene rings is 2. The minimum atomic E-state index is -4.66. The number of carbonyl (C=O) groups excluding carboxylic acids is 2. The number of hydrogen-bond acceptors (Lipinski definition) is 5. The number of nitrogens with zero attached hydrogens (tertiary/aromatic N) is 2. The van der Waals surface area contributed by atoms with E-state index in [1.54, 1.807) is 6.07 Å². The maximum atomic E-state index is 13.3. The third-order valence-electron chi connectivity index (χ3n) is 4.74. The van der Waals surface area contributed by atoms with Gasteiger partial charge in [0.2, 0.25) is 5.91 Å². The van der Waals surface area contributed by atoms with Crippen molar-refractivity contribution < 1.29 is 27.5 Å². The molecule has 0 saturated carbocycles. The second-order valence-electron chi connectivity index (χ2n) is 7.30. The normalized spacial score (nSPS) is 11.3. The zero-order valence-corrected chi connectivity index (χ0v) is 19.7. The average Bonchev–Trinajstić information content (AvgIpc) is 2.78. The van der Waals surface area contributed by atoms with Crippen LogP contribution >= 0.6 is 23.2 Å². The van der Waals surface area contributed by atoms with E-state index in [1.165, 1.54) is 48.5 Å². The molecule has 1 aromatic heterocycles. The molecule has 0 aliphatic carbocycles. The SMILES string of the molecule is COCc1cnc(N(CC(N)=O)c2cc(C(=O)Nc3ccccc3C(F)(F)F)ccc2Cl)c(Cl)c1. The summed E-state index contributed by atoms with van der Waals surface area (Å²) < 4.78 is 45.0. The number of ether oxygens (including phenoxy) is 1. The molecule has 0 atom stereocenters. The largest absolute Gasteiger partial charge is 0.418 e. The van der Waals surface area contributed by atoms with Crippen molar-refractivity contribution in [3.63, 3.8) is 0 Å². The Labute approximate surface area is 208 Å². The summed E-state index contributed by atoms with van der Waals surface area (Å²) in [6.07, 6.45) is -3.18. The Kier molecular flexibility index (Phi) is 8.21. The standard InChI is InChI=1S/C23H19Cl2F3N4O3/c1-35-12-13-8-17(25)21(30-10-13)32(11-20(29)33)19-9-14(6-7-16(19)24)22(34)31-18-5-3-2-4-15(18)23(26,27)28/h2-10H,11-12H2,1H3,(H2,29,33)(H,31,34). The lowest BCUT2D eigenvalue weighted by Gasteiger charge is -2.25. The maximum absolute atomic E-state index is 13.3. The van der Waals surface area contributed by atoms with Crippen molar-refractivity contribution in [2.75, 3.05) is 23.9 Å². The maximum Gasteiger partial charge on any atom is 0.418 e. The van der Waals surface area contributed by atoms with Crippen LogP contribution in [0, 0.1) is 0 Å². The van der Waals surface area contributed by atoms with Crippen molar-refractivity contribution in [1.29, 1.82) is 0 Å². The van der Waals surface area contributed by atoms with Crippen LogP contribution in [0.25, 0.3) is 0 Å². The number of hydrogen-bond donors (Lipinski definition) is 2. The Balaban J connectivity index is 2.00. The predicted octanol–water partition coefficient (Wildman–Crippen LogP) is 5.43. The summed E-state index contributed by atoms with van der Waals surface area (Å²) in [5.41, 5.74) is 4.79. The topological polar surface area (TPSA) is 97.5 Å². The average molecular weight is 527 g/mol. The van der Waals surface area contributed by atoms with E-state index in [4.69, 9.17) is 33.7 Å². The minimum absolute atomic E-state index is 0.0250. The number of rotatable bonds is 8. The monoisotopic (exact) mass is 526 g/mol. The minimum Gasteiger partial charge on any atom is -0.380 e. The number of carbonyl (C=O) groups is 2. The van der Waals surface area contributed by atoms with Gasteiger partial charge >= 0.3 is 6.18 Å². The van der Waals surface area contributed by atoms with Crippen LogP contribution in [0.1, 0.15) is 21.5 Å². The van der Waals surface area contributed by atoms with Gasteiger partial charge < -0.3 is 20.7 Å². The fraction of sp³-hybridized carbons (Fsp3) is 0.174. The fourth-order valence-corrected chi connectivity index (χ4v) is 3.75. The van der Waals surface area contributed by atoms with Crippen molar-refractivity contribution in [3.05, 3.63) is 81.5 Å². The van der Waals surface area contributed by atoms with E-state index in [0.717, 1.165) is 12.1 Å². The van der Waals surface area contributed by atoms with Crippen LogP contribution in [0.2, 0.25) is 10.0 Å². The molecule has 0 aliphatic rings. The molecule has 0 spiro atoms. The van der Waals surface area contributed by atoms with Gasteiger partial charge in [0.15, 0.2) is 5.82 Å². The number of pyridine rings is 1. The highest BCUT2D eigenvalue weighted by atomic mass is 35.5. The zero-order valence-electron chi connectivity index (χ0n) is 18.2. The number of methoxy groups -OCH3 is 1. The van der Waals surface area contributed by atoms with Crippen molar-refractivity contribution in [2.45, 2.75) is 12.8 Å². The molecule has 0 unspecified atom stereocenters. The van der Waals surface area contributed by atoms with Gasteiger partial charge in [0, 0.05) is 18.9 Å². The number of nitrogens with two attached hydrogens (primary N) is 1. The molecular formula is C23H19Cl2F3N4O3. The summed E-state index contributed by atoms with van der Waals surface area (Å²) in [4.78, 5) is 30.2. The Morgan fingerprint density at radius 1 is 1.11 bits per heavy atom. The molecule has 35 heavy (non-hydrogen) atoms. The van der Waals surface area contributed by atoms with Gasteiger partial charge in [-0.25, -0.2) is 4.98 Å². The molecule has 184 valence electrons. The first-order valence-electron chi connectivity index (χ1n) is 9.97. The lowest BCUT2D eigenvalue weighted by Crippen LogP contribution is -2.31. The highest BCUT2D eigenvalue weighted by molar-refractivity contribution is 6.35. The Bertz CT molecular complexity index is 1250. The van der Waals surface area contributed by atoms with Crippen molar-refractivity contribution >= 4 is 52.2 Å². The third kappa shape index (κ3) is 6.41. The number of nitrogens with one attached hydrogen (secondary N) is 1. The summed E-state index contributed by atoms with van der Waals surface area (Å²) in [6.45, 7) is -0.142. The molecule has 12 heteroatoms. The summed E-state index contributed by atoms with van der Waals surface area (Å²) in [5, 5.41) is 2.55. The molecule has 2 amide bonds. The summed E-state index contributed by atoms with van der Waals surface area (Å²) in [6, 6.07) is 10.2. The molecular weight excluding hydrogens is 508 g/mol. The molecule has 0 radical (unpaired) electrons. The second kappa shape index (κ2) is 10.9. The van der Waals surface area contributed by atoms with Crippen LogP contribution in [0.3, 0.4) is 0 Å². The number of amides is 2. The van der Waals surface area contributed by atoms with E-state index in [-0.39, 0.29) is 33.7 Å². The second-order valence-corrected chi connectivity index (χ2v) is 8.11. The molecule has 2 aromatic carbocycles. The van der Waals surface area contributed by atoms with Crippen LogP contribution in [0.5, 0.6) is 0 Å². The molecule has 3 N–H and O–H groups in total. The van der Waals surface area contributed by atoms with E-state index in [2.05, 4.69) is 10.3 Å². The van der Waals surface area contributed by atoms with Gasteiger partial charge in [0.25, 0.3) is 5.91 Å². The van der Waals surface area contributed by atoms with E-state index >= 15 is 0 Å². The molecule has 0 bridgehead atoms. The Morgan fingerprint density at radius 2 is 1.83 bits per heavy atom. The smallest absolute Gasteiger partial charge is 0.380 e. The Morgan fingerprint density at radius 3 is 2.46 bits per heavy atom. The molecule has 7 nitrogen and oxygen atoms in total. The number of aromatic nitrogens is 1. The molecule has 1 heterocycles. The number of anilines is 3.